The van der Waals surface area contributed by atoms with E-state index in [4.69, 9.17) is 0 Å². The van der Waals surface area contributed by atoms with E-state index >= 15 is 0 Å². The molecule has 0 fully saturated rings. The van der Waals surface area contributed by atoms with Gasteiger partial charge in [0.2, 0.25) is 0 Å². The Kier molecular flexibility index (Phi) is 7.21. The molecule has 0 aliphatic carbocycles. The number of nitrogens with one attached hydrogen (secondary N) is 2. The quantitative estimate of drug-likeness (QED) is 0.600. The Bertz CT molecular complexity index is 961. The third kappa shape index (κ3) is 5.70. The molecule has 3 aromatic rings. The zero-order chi connectivity index (χ0) is 21.3. The minimum Gasteiger partial charge on any atom is -0.352 e. The molecule has 1 heterocycles. The summed E-state index contributed by atoms with van der Waals surface area (Å²) >= 11 is 0. The number of hydrogen-bond acceptors (Lipinski definition) is 3. The Morgan fingerprint density at radius 2 is 1.30 bits per heavy atom. The fourth-order valence-corrected chi connectivity index (χ4v) is 2.91. The average Bonchev–Trinajstić information content (AvgIpc) is 2.76. The summed E-state index contributed by atoms with van der Waals surface area (Å²) in [5, 5.41) is 5.38. The zero-order valence-corrected chi connectivity index (χ0v) is 16.2. The van der Waals surface area contributed by atoms with Crippen molar-refractivity contribution in [3.05, 3.63) is 101 Å². The van der Waals surface area contributed by atoms with Crippen molar-refractivity contribution in [3.63, 3.8) is 0 Å². The van der Waals surface area contributed by atoms with Crippen LogP contribution in [0.15, 0.2) is 66.9 Å². The predicted molar refractivity (Wildman–Crippen MR) is 109 cm³/mol. The van der Waals surface area contributed by atoms with Gasteiger partial charge in [-0.3, -0.25) is 14.6 Å². The van der Waals surface area contributed by atoms with E-state index < -0.39 is 5.91 Å². The van der Waals surface area contributed by atoms with Gasteiger partial charge in [0.15, 0.2) is 0 Å². The second kappa shape index (κ2) is 10.2. The number of rotatable bonds is 8. The van der Waals surface area contributed by atoms with Gasteiger partial charge in [-0.15, -0.1) is 0 Å². The van der Waals surface area contributed by atoms with Crippen LogP contribution < -0.4 is 10.6 Å². The topological polar surface area (TPSA) is 71.1 Å². The van der Waals surface area contributed by atoms with Crippen LogP contribution in [0.25, 0.3) is 0 Å². The van der Waals surface area contributed by atoms with Gasteiger partial charge in [0, 0.05) is 24.8 Å². The largest absolute Gasteiger partial charge is 0.352 e. The molecule has 1 aromatic heterocycles. The number of carbonyl (C=O) groups excluding carboxylic acids is 2. The SMILES string of the molecule is O=C(NCCc1ccccc1F)c1ccnc(C(=O)NCCc2ccccc2F)c1. The zero-order valence-electron chi connectivity index (χ0n) is 16.2. The van der Waals surface area contributed by atoms with Gasteiger partial charge < -0.3 is 10.6 Å². The summed E-state index contributed by atoms with van der Waals surface area (Å²) in [5.74, 6) is -1.47. The van der Waals surface area contributed by atoms with Gasteiger partial charge in [0.25, 0.3) is 11.8 Å². The summed E-state index contributed by atoms with van der Waals surface area (Å²) < 4.78 is 27.2. The van der Waals surface area contributed by atoms with Crippen molar-refractivity contribution in [3.8, 4) is 0 Å². The van der Waals surface area contributed by atoms with Crippen molar-refractivity contribution in [1.82, 2.24) is 15.6 Å². The Hall–Kier alpha value is -3.61. The Morgan fingerprint density at radius 3 is 1.87 bits per heavy atom. The molecule has 3 rings (SSSR count). The highest BCUT2D eigenvalue weighted by Gasteiger charge is 2.12. The summed E-state index contributed by atoms with van der Waals surface area (Å²) in [7, 11) is 0. The fraction of sp³-hybridized carbons (Fsp3) is 0.174. The molecule has 0 spiro atoms. The monoisotopic (exact) mass is 409 g/mol. The minimum atomic E-state index is -0.452. The third-order valence-corrected chi connectivity index (χ3v) is 4.53. The molecule has 0 aliphatic rings. The maximum Gasteiger partial charge on any atom is 0.269 e. The summed E-state index contributed by atoms with van der Waals surface area (Å²) in [6.07, 6.45) is 2.07. The number of aromatic nitrogens is 1. The van der Waals surface area contributed by atoms with E-state index in [0.29, 0.717) is 24.0 Å². The number of hydrogen-bond donors (Lipinski definition) is 2. The van der Waals surface area contributed by atoms with Crippen LogP contribution >= 0.6 is 0 Å². The van der Waals surface area contributed by atoms with E-state index in [0.717, 1.165) is 0 Å². The number of nitrogens with zero attached hydrogens (tertiary/aromatic N) is 1. The number of halogens is 2. The maximum absolute atomic E-state index is 13.6. The minimum absolute atomic E-state index is 0.0882. The van der Waals surface area contributed by atoms with Crippen LogP contribution in [0.2, 0.25) is 0 Å². The Labute approximate surface area is 173 Å². The van der Waals surface area contributed by atoms with Crippen LogP contribution in [0.4, 0.5) is 8.78 Å². The van der Waals surface area contributed by atoms with Crippen molar-refractivity contribution in [1.29, 1.82) is 0 Å². The standard InChI is InChI=1S/C23H21F2N3O2/c24-19-7-3-1-5-16(19)9-13-27-22(29)18-11-12-26-21(15-18)23(30)28-14-10-17-6-2-4-8-20(17)25/h1-8,11-12,15H,9-10,13-14H2,(H,27,29)(H,28,30). The maximum atomic E-state index is 13.6. The van der Waals surface area contributed by atoms with Crippen molar-refractivity contribution >= 4 is 11.8 Å². The summed E-state index contributed by atoms with van der Waals surface area (Å²) in [6, 6.07) is 15.6. The molecule has 7 heteroatoms. The molecule has 0 saturated carbocycles. The molecule has 0 bridgehead atoms. The van der Waals surface area contributed by atoms with Crippen LogP contribution in [0.1, 0.15) is 32.0 Å². The van der Waals surface area contributed by atoms with E-state index in [2.05, 4.69) is 15.6 Å². The molecular formula is C23H21F2N3O2. The molecule has 2 aromatic carbocycles. The first kappa shape index (κ1) is 21.1. The van der Waals surface area contributed by atoms with Crippen molar-refractivity contribution < 1.29 is 18.4 Å². The number of benzene rings is 2. The lowest BCUT2D eigenvalue weighted by Crippen LogP contribution is -2.28. The average molecular weight is 409 g/mol. The molecule has 2 amide bonds. The highest BCUT2D eigenvalue weighted by molar-refractivity contribution is 5.98. The van der Waals surface area contributed by atoms with Crippen LogP contribution in [-0.2, 0) is 12.8 Å². The highest BCUT2D eigenvalue weighted by Crippen LogP contribution is 2.08. The first-order valence-corrected chi connectivity index (χ1v) is 9.54. The lowest BCUT2D eigenvalue weighted by molar-refractivity contribution is 0.0949. The molecule has 0 unspecified atom stereocenters. The van der Waals surface area contributed by atoms with E-state index in [1.807, 2.05) is 0 Å². The van der Waals surface area contributed by atoms with Crippen LogP contribution in [-0.4, -0.2) is 29.9 Å². The van der Waals surface area contributed by atoms with E-state index in [-0.39, 0.29) is 41.9 Å². The van der Waals surface area contributed by atoms with E-state index in [1.165, 1.54) is 30.5 Å². The predicted octanol–water partition coefficient (Wildman–Crippen LogP) is 3.30. The normalized spacial score (nSPS) is 10.5. The summed E-state index contributed by atoms with van der Waals surface area (Å²) in [4.78, 5) is 28.6. The summed E-state index contributed by atoms with van der Waals surface area (Å²) in [6.45, 7) is 0.493. The van der Waals surface area contributed by atoms with Crippen molar-refractivity contribution in [2.45, 2.75) is 12.8 Å². The molecule has 154 valence electrons. The second-order valence-electron chi connectivity index (χ2n) is 6.62. The Morgan fingerprint density at radius 1 is 0.767 bits per heavy atom. The van der Waals surface area contributed by atoms with Gasteiger partial charge in [-0.05, 0) is 48.2 Å². The van der Waals surface area contributed by atoms with Gasteiger partial charge in [0.1, 0.15) is 17.3 Å². The van der Waals surface area contributed by atoms with E-state index in [9.17, 15) is 18.4 Å². The van der Waals surface area contributed by atoms with Gasteiger partial charge in [0.05, 0.1) is 0 Å². The van der Waals surface area contributed by atoms with Gasteiger partial charge in [-0.1, -0.05) is 36.4 Å². The van der Waals surface area contributed by atoms with Gasteiger partial charge in [-0.2, -0.15) is 0 Å². The number of carbonyl (C=O) groups is 2. The van der Waals surface area contributed by atoms with Crippen molar-refractivity contribution in [2.24, 2.45) is 0 Å². The number of pyridine rings is 1. The lowest BCUT2D eigenvalue weighted by Gasteiger charge is -2.08. The molecule has 2 N–H and O–H groups in total. The van der Waals surface area contributed by atoms with Crippen LogP contribution in [0.5, 0.6) is 0 Å². The smallest absolute Gasteiger partial charge is 0.269 e. The molecule has 0 radical (unpaired) electrons. The molecule has 0 aliphatic heterocycles. The van der Waals surface area contributed by atoms with Crippen LogP contribution in [0.3, 0.4) is 0 Å². The second-order valence-corrected chi connectivity index (χ2v) is 6.62. The molecule has 0 atom stereocenters. The third-order valence-electron chi connectivity index (χ3n) is 4.53. The summed E-state index contributed by atoms with van der Waals surface area (Å²) in [5.41, 5.74) is 1.39. The fourth-order valence-electron chi connectivity index (χ4n) is 2.91. The molecule has 0 saturated heterocycles. The van der Waals surface area contributed by atoms with Gasteiger partial charge in [-0.25, -0.2) is 8.78 Å². The van der Waals surface area contributed by atoms with Gasteiger partial charge >= 0.3 is 0 Å². The first-order valence-electron chi connectivity index (χ1n) is 9.54. The first-order chi connectivity index (χ1) is 14.5. The molecular weight excluding hydrogens is 388 g/mol. The molecule has 30 heavy (non-hydrogen) atoms. The Balaban J connectivity index is 1.51. The lowest BCUT2D eigenvalue weighted by atomic mass is 10.1. The van der Waals surface area contributed by atoms with E-state index in [1.54, 1.807) is 36.4 Å². The molecule has 5 nitrogen and oxygen atoms in total. The number of amides is 2. The van der Waals surface area contributed by atoms with Crippen molar-refractivity contribution in [2.75, 3.05) is 13.1 Å². The highest BCUT2D eigenvalue weighted by atomic mass is 19.1. The van der Waals surface area contributed by atoms with Crippen LogP contribution in [0, 0.1) is 11.6 Å².